The SMILES string of the molecule is CC(CNC(=O)c1ccc(N)c(Br)c1)CN1CCCC1. The van der Waals surface area contributed by atoms with E-state index in [0.29, 0.717) is 23.7 Å². The van der Waals surface area contributed by atoms with Gasteiger partial charge in [-0.1, -0.05) is 6.92 Å². The van der Waals surface area contributed by atoms with Gasteiger partial charge in [-0.15, -0.1) is 0 Å². The summed E-state index contributed by atoms with van der Waals surface area (Å²) in [5.41, 5.74) is 7.00. The quantitative estimate of drug-likeness (QED) is 0.810. The smallest absolute Gasteiger partial charge is 0.251 e. The molecule has 1 aliphatic heterocycles. The van der Waals surface area contributed by atoms with Gasteiger partial charge in [0, 0.05) is 28.8 Å². The molecule has 3 N–H and O–H groups in total. The normalized spacial score (nSPS) is 17.1. The first-order valence-corrected chi connectivity index (χ1v) is 7.91. The number of amides is 1. The number of nitrogens with zero attached hydrogens (tertiary/aromatic N) is 1. The van der Waals surface area contributed by atoms with E-state index in [-0.39, 0.29) is 5.91 Å². The molecule has 2 rings (SSSR count). The third-order valence-corrected chi connectivity index (χ3v) is 4.33. The molecule has 0 bridgehead atoms. The summed E-state index contributed by atoms with van der Waals surface area (Å²) in [6.45, 7) is 6.34. The average Bonchev–Trinajstić information content (AvgIpc) is 2.92. The minimum atomic E-state index is -0.0426. The van der Waals surface area contributed by atoms with Crippen molar-refractivity contribution >= 4 is 27.5 Å². The Labute approximate surface area is 128 Å². The van der Waals surface area contributed by atoms with Crippen LogP contribution in [0.15, 0.2) is 22.7 Å². The minimum absolute atomic E-state index is 0.0426. The van der Waals surface area contributed by atoms with Crippen molar-refractivity contribution in [2.24, 2.45) is 5.92 Å². The zero-order chi connectivity index (χ0) is 14.5. The number of carbonyl (C=O) groups excluding carboxylic acids is 1. The number of likely N-dealkylation sites (tertiary alicyclic amines) is 1. The second-order valence-electron chi connectivity index (χ2n) is 5.56. The Kier molecular flexibility index (Phi) is 5.43. The molecule has 1 aromatic carbocycles. The van der Waals surface area contributed by atoms with Crippen molar-refractivity contribution < 1.29 is 4.79 Å². The highest BCUT2D eigenvalue weighted by Crippen LogP contribution is 2.20. The van der Waals surface area contributed by atoms with Crippen LogP contribution in [0, 0.1) is 5.92 Å². The van der Waals surface area contributed by atoms with E-state index in [1.54, 1.807) is 18.2 Å². The van der Waals surface area contributed by atoms with Gasteiger partial charge in [-0.2, -0.15) is 0 Å². The molecule has 1 unspecified atom stereocenters. The van der Waals surface area contributed by atoms with Gasteiger partial charge in [0.15, 0.2) is 0 Å². The fourth-order valence-corrected chi connectivity index (χ4v) is 2.89. The van der Waals surface area contributed by atoms with Crippen molar-refractivity contribution in [1.82, 2.24) is 10.2 Å². The van der Waals surface area contributed by atoms with Crippen LogP contribution in [-0.4, -0.2) is 37.0 Å². The molecular formula is C15H22BrN3O. The number of nitrogen functional groups attached to an aromatic ring is 1. The maximum Gasteiger partial charge on any atom is 0.251 e. The van der Waals surface area contributed by atoms with E-state index in [0.717, 1.165) is 11.0 Å². The Balaban J connectivity index is 1.80. The molecule has 1 heterocycles. The molecule has 1 fully saturated rings. The number of rotatable bonds is 5. The van der Waals surface area contributed by atoms with Crippen molar-refractivity contribution in [3.8, 4) is 0 Å². The summed E-state index contributed by atoms with van der Waals surface area (Å²) >= 11 is 3.34. The van der Waals surface area contributed by atoms with E-state index < -0.39 is 0 Å². The molecule has 4 nitrogen and oxygen atoms in total. The number of hydrogen-bond acceptors (Lipinski definition) is 3. The van der Waals surface area contributed by atoms with Crippen LogP contribution in [0.1, 0.15) is 30.1 Å². The topological polar surface area (TPSA) is 58.4 Å². The molecule has 1 atom stereocenters. The van der Waals surface area contributed by atoms with Gasteiger partial charge in [0.2, 0.25) is 0 Å². The van der Waals surface area contributed by atoms with E-state index in [2.05, 4.69) is 33.1 Å². The van der Waals surface area contributed by atoms with Gasteiger partial charge >= 0.3 is 0 Å². The summed E-state index contributed by atoms with van der Waals surface area (Å²) in [5.74, 6) is 0.424. The van der Waals surface area contributed by atoms with Crippen molar-refractivity contribution in [2.75, 3.05) is 31.9 Å². The lowest BCUT2D eigenvalue weighted by molar-refractivity contribution is 0.0945. The monoisotopic (exact) mass is 339 g/mol. The summed E-state index contributed by atoms with van der Waals surface area (Å²) in [6, 6.07) is 5.25. The molecule has 1 aromatic rings. The first kappa shape index (κ1) is 15.3. The maximum atomic E-state index is 12.1. The van der Waals surface area contributed by atoms with Gasteiger partial charge in [-0.3, -0.25) is 4.79 Å². The minimum Gasteiger partial charge on any atom is -0.398 e. The number of anilines is 1. The van der Waals surface area contributed by atoms with Gasteiger partial charge in [-0.05, 0) is 66.0 Å². The van der Waals surface area contributed by atoms with Crippen LogP contribution in [0.3, 0.4) is 0 Å². The second kappa shape index (κ2) is 7.09. The van der Waals surface area contributed by atoms with E-state index >= 15 is 0 Å². The summed E-state index contributed by atoms with van der Waals surface area (Å²) in [6.07, 6.45) is 2.61. The highest BCUT2D eigenvalue weighted by molar-refractivity contribution is 9.10. The first-order valence-electron chi connectivity index (χ1n) is 7.12. The van der Waals surface area contributed by atoms with Gasteiger partial charge in [0.05, 0.1) is 0 Å². The number of benzene rings is 1. The lowest BCUT2D eigenvalue weighted by Crippen LogP contribution is -2.34. The Morgan fingerprint density at radius 3 is 2.80 bits per heavy atom. The number of nitrogens with two attached hydrogens (primary N) is 1. The summed E-state index contributed by atoms with van der Waals surface area (Å²) in [4.78, 5) is 14.5. The zero-order valence-corrected chi connectivity index (χ0v) is 13.4. The summed E-state index contributed by atoms with van der Waals surface area (Å²) < 4.78 is 0.760. The molecular weight excluding hydrogens is 318 g/mol. The van der Waals surface area contributed by atoms with Crippen LogP contribution in [-0.2, 0) is 0 Å². The molecule has 0 saturated carbocycles. The van der Waals surface area contributed by atoms with E-state index in [1.165, 1.54) is 25.9 Å². The van der Waals surface area contributed by atoms with Crippen LogP contribution in [0.2, 0.25) is 0 Å². The van der Waals surface area contributed by atoms with E-state index in [9.17, 15) is 4.79 Å². The van der Waals surface area contributed by atoms with Gasteiger partial charge in [0.25, 0.3) is 5.91 Å². The molecule has 20 heavy (non-hydrogen) atoms. The maximum absolute atomic E-state index is 12.1. The largest absolute Gasteiger partial charge is 0.398 e. The predicted octanol–water partition coefficient (Wildman–Crippen LogP) is 2.49. The van der Waals surface area contributed by atoms with Crippen LogP contribution in [0.5, 0.6) is 0 Å². The summed E-state index contributed by atoms with van der Waals surface area (Å²) in [7, 11) is 0. The Hall–Kier alpha value is -1.07. The number of halogens is 1. The number of carbonyl (C=O) groups is 1. The average molecular weight is 340 g/mol. The predicted molar refractivity (Wildman–Crippen MR) is 85.7 cm³/mol. The highest BCUT2D eigenvalue weighted by Gasteiger charge is 2.15. The Bertz CT molecular complexity index is 472. The number of hydrogen-bond donors (Lipinski definition) is 2. The van der Waals surface area contributed by atoms with E-state index in [4.69, 9.17) is 5.73 Å². The lowest BCUT2D eigenvalue weighted by Gasteiger charge is -2.20. The van der Waals surface area contributed by atoms with Crippen LogP contribution in [0.25, 0.3) is 0 Å². The molecule has 1 aliphatic rings. The number of nitrogens with one attached hydrogen (secondary N) is 1. The second-order valence-corrected chi connectivity index (χ2v) is 6.41. The first-order chi connectivity index (χ1) is 9.56. The molecule has 0 aliphatic carbocycles. The van der Waals surface area contributed by atoms with Crippen LogP contribution >= 0.6 is 15.9 Å². The lowest BCUT2D eigenvalue weighted by atomic mass is 10.1. The molecule has 1 amide bonds. The van der Waals surface area contributed by atoms with Crippen molar-refractivity contribution in [3.63, 3.8) is 0 Å². The standard InChI is InChI=1S/C15H22BrN3O/c1-11(10-19-6-2-3-7-19)9-18-15(20)12-4-5-14(17)13(16)8-12/h4-5,8,11H,2-3,6-7,9-10,17H2,1H3,(H,18,20). The van der Waals surface area contributed by atoms with Gasteiger partial charge in [0.1, 0.15) is 0 Å². The van der Waals surface area contributed by atoms with Crippen molar-refractivity contribution in [1.29, 1.82) is 0 Å². The van der Waals surface area contributed by atoms with E-state index in [1.807, 2.05) is 0 Å². The van der Waals surface area contributed by atoms with Crippen LogP contribution < -0.4 is 11.1 Å². The zero-order valence-electron chi connectivity index (χ0n) is 11.9. The van der Waals surface area contributed by atoms with Gasteiger partial charge < -0.3 is 16.0 Å². The fraction of sp³-hybridized carbons (Fsp3) is 0.533. The fourth-order valence-electron chi connectivity index (χ4n) is 2.51. The van der Waals surface area contributed by atoms with Crippen molar-refractivity contribution in [3.05, 3.63) is 28.2 Å². The third kappa shape index (κ3) is 4.21. The molecule has 0 radical (unpaired) electrons. The summed E-state index contributed by atoms with van der Waals surface area (Å²) in [5, 5.41) is 2.99. The molecule has 5 heteroatoms. The Morgan fingerprint density at radius 2 is 2.15 bits per heavy atom. The molecule has 0 spiro atoms. The molecule has 1 saturated heterocycles. The highest BCUT2D eigenvalue weighted by atomic mass is 79.9. The Morgan fingerprint density at radius 1 is 1.45 bits per heavy atom. The van der Waals surface area contributed by atoms with Crippen molar-refractivity contribution in [2.45, 2.75) is 19.8 Å². The molecule has 110 valence electrons. The third-order valence-electron chi connectivity index (χ3n) is 3.64. The van der Waals surface area contributed by atoms with Gasteiger partial charge in [-0.25, -0.2) is 0 Å². The van der Waals surface area contributed by atoms with Crippen LogP contribution in [0.4, 0.5) is 5.69 Å². The molecule has 0 aromatic heterocycles.